The highest BCUT2D eigenvalue weighted by Gasteiger charge is 2.24. The Balaban J connectivity index is 1.86. The molecule has 1 amide bonds. The zero-order valence-electron chi connectivity index (χ0n) is 12.5. The normalized spacial score (nSPS) is 15.5. The Morgan fingerprint density at radius 3 is 1.89 bits per heavy atom. The average molecular weight is 283 g/mol. The van der Waals surface area contributed by atoms with Gasteiger partial charge in [-0.25, -0.2) is 0 Å². The number of carbonyl (C=O) groups excluding carboxylic acids is 1. The van der Waals surface area contributed by atoms with Crippen molar-refractivity contribution in [2.24, 2.45) is 0 Å². The molecule has 0 bridgehead atoms. The predicted octanol–water partition coefficient (Wildman–Crippen LogP) is 4.86. The molecule has 110 valence electrons. The first-order valence-electron chi connectivity index (χ1n) is 8.09. The summed E-state index contributed by atoms with van der Waals surface area (Å²) in [5.41, 5.74) is 0. The van der Waals surface area contributed by atoms with Gasteiger partial charge < -0.3 is 4.90 Å². The van der Waals surface area contributed by atoms with Gasteiger partial charge in [0.05, 0.1) is 4.99 Å². The Labute approximate surface area is 123 Å². The van der Waals surface area contributed by atoms with E-state index >= 15 is 0 Å². The van der Waals surface area contributed by atoms with Crippen molar-refractivity contribution >= 4 is 23.1 Å². The summed E-state index contributed by atoms with van der Waals surface area (Å²) < 4.78 is 0. The number of amides is 1. The molecular formula is C16H29NOS. The summed E-state index contributed by atoms with van der Waals surface area (Å²) >= 11 is 5.19. The summed E-state index contributed by atoms with van der Waals surface area (Å²) in [6, 6.07) is 0. The molecule has 0 aromatic carbocycles. The molecule has 3 heteroatoms. The fraction of sp³-hybridized carbons (Fsp3) is 0.875. The highest BCUT2D eigenvalue weighted by Crippen LogP contribution is 2.15. The first kappa shape index (κ1) is 16.6. The number of carbonyl (C=O) groups is 1. The standard InChI is InChI=1S/C16H29NOS/c1-2-3-4-5-6-7-8-9-10-11-14-17-15(18)12-13-16(17)19/h2-14H2,1H3. The number of rotatable bonds is 11. The lowest BCUT2D eigenvalue weighted by molar-refractivity contribution is -0.125. The molecule has 0 aliphatic carbocycles. The van der Waals surface area contributed by atoms with Gasteiger partial charge in [-0.05, 0) is 6.42 Å². The van der Waals surface area contributed by atoms with E-state index in [4.69, 9.17) is 12.2 Å². The van der Waals surface area contributed by atoms with Crippen LogP contribution in [0, 0.1) is 0 Å². The van der Waals surface area contributed by atoms with Gasteiger partial charge in [0, 0.05) is 19.4 Å². The van der Waals surface area contributed by atoms with E-state index in [1.165, 1.54) is 57.8 Å². The lowest BCUT2D eigenvalue weighted by Crippen LogP contribution is -2.28. The van der Waals surface area contributed by atoms with Gasteiger partial charge in [-0.15, -0.1) is 0 Å². The van der Waals surface area contributed by atoms with Gasteiger partial charge >= 0.3 is 0 Å². The van der Waals surface area contributed by atoms with Crippen LogP contribution >= 0.6 is 12.2 Å². The maximum atomic E-state index is 11.5. The zero-order valence-corrected chi connectivity index (χ0v) is 13.3. The van der Waals surface area contributed by atoms with Crippen LogP contribution in [0.5, 0.6) is 0 Å². The summed E-state index contributed by atoms with van der Waals surface area (Å²) in [6.07, 6.45) is 14.8. The number of unbranched alkanes of at least 4 members (excludes halogenated alkanes) is 9. The fourth-order valence-electron chi connectivity index (χ4n) is 2.63. The van der Waals surface area contributed by atoms with Gasteiger partial charge in [0.1, 0.15) is 0 Å². The third-order valence-electron chi connectivity index (χ3n) is 3.89. The summed E-state index contributed by atoms with van der Waals surface area (Å²) in [4.78, 5) is 14.2. The Morgan fingerprint density at radius 1 is 0.895 bits per heavy atom. The van der Waals surface area contributed by atoms with Crippen LogP contribution in [0.4, 0.5) is 0 Å². The van der Waals surface area contributed by atoms with Crippen molar-refractivity contribution in [3.05, 3.63) is 0 Å². The molecule has 1 aliphatic heterocycles. The van der Waals surface area contributed by atoms with Crippen LogP contribution < -0.4 is 0 Å². The highest BCUT2D eigenvalue weighted by atomic mass is 32.1. The van der Waals surface area contributed by atoms with E-state index in [9.17, 15) is 4.79 Å². The average Bonchev–Trinajstić information content (AvgIpc) is 2.72. The second kappa shape index (κ2) is 10.4. The highest BCUT2D eigenvalue weighted by molar-refractivity contribution is 7.80. The quantitative estimate of drug-likeness (QED) is 0.399. The van der Waals surface area contributed by atoms with E-state index in [0.717, 1.165) is 24.4 Å². The number of nitrogens with zero attached hydrogens (tertiary/aromatic N) is 1. The maximum Gasteiger partial charge on any atom is 0.227 e. The molecule has 2 nitrogen and oxygen atoms in total. The van der Waals surface area contributed by atoms with Gasteiger partial charge in [-0.1, -0.05) is 76.9 Å². The van der Waals surface area contributed by atoms with Crippen molar-refractivity contribution < 1.29 is 4.79 Å². The van der Waals surface area contributed by atoms with E-state index in [1.54, 1.807) is 0 Å². The molecule has 1 rings (SSSR count). The van der Waals surface area contributed by atoms with Crippen molar-refractivity contribution in [1.82, 2.24) is 4.90 Å². The van der Waals surface area contributed by atoms with E-state index in [2.05, 4.69) is 6.92 Å². The molecule has 0 spiro atoms. The monoisotopic (exact) mass is 283 g/mol. The lowest BCUT2D eigenvalue weighted by Gasteiger charge is -2.15. The molecule has 1 fully saturated rings. The van der Waals surface area contributed by atoms with Gasteiger partial charge in [0.15, 0.2) is 0 Å². The molecule has 0 radical (unpaired) electrons. The summed E-state index contributed by atoms with van der Waals surface area (Å²) in [7, 11) is 0. The molecule has 0 atom stereocenters. The number of hydrogen-bond acceptors (Lipinski definition) is 2. The summed E-state index contributed by atoms with van der Waals surface area (Å²) in [5, 5.41) is 0. The smallest absolute Gasteiger partial charge is 0.227 e. The Hall–Kier alpha value is -0.440. The third-order valence-corrected chi connectivity index (χ3v) is 4.31. The molecule has 0 aromatic heterocycles. The fourth-order valence-corrected chi connectivity index (χ4v) is 2.92. The van der Waals surface area contributed by atoms with Crippen LogP contribution in [-0.2, 0) is 4.79 Å². The van der Waals surface area contributed by atoms with E-state index in [0.29, 0.717) is 6.42 Å². The molecule has 1 aliphatic rings. The van der Waals surface area contributed by atoms with Crippen LogP contribution in [0.1, 0.15) is 84.0 Å². The molecule has 0 unspecified atom stereocenters. The van der Waals surface area contributed by atoms with Crippen LogP contribution in [0.15, 0.2) is 0 Å². The zero-order chi connectivity index (χ0) is 13.9. The third kappa shape index (κ3) is 7.05. The number of thiocarbonyl (C=S) groups is 1. The van der Waals surface area contributed by atoms with Crippen molar-refractivity contribution in [2.75, 3.05) is 6.54 Å². The van der Waals surface area contributed by atoms with Crippen molar-refractivity contribution in [1.29, 1.82) is 0 Å². The molecule has 1 saturated heterocycles. The van der Waals surface area contributed by atoms with Gasteiger partial charge in [0.2, 0.25) is 5.91 Å². The molecule has 0 saturated carbocycles. The second-order valence-corrected chi connectivity index (χ2v) is 6.09. The van der Waals surface area contributed by atoms with Crippen molar-refractivity contribution in [3.63, 3.8) is 0 Å². The number of likely N-dealkylation sites (tertiary alicyclic amines) is 1. The number of hydrogen-bond donors (Lipinski definition) is 0. The topological polar surface area (TPSA) is 20.3 Å². The Kier molecular flexibility index (Phi) is 9.06. The maximum absolute atomic E-state index is 11.5. The van der Waals surface area contributed by atoms with E-state index in [1.807, 2.05) is 4.90 Å². The minimum absolute atomic E-state index is 0.237. The van der Waals surface area contributed by atoms with E-state index < -0.39 is 0 Å². The van der Waals surface area contributed by atoms with Crippen LogP contribution in [0.2, 0.25) is 0 Å². The van der Waals surface area contributed by atoms with Gasteiger partial charge in [-0.3, -0.25) is 4.79 Å². The molecule has 1 heterocycles. The summed E-state index contributed by atoms with van der Waals surface area (Å²) in [5.74, 6) is 0.237. The van der Waals surface area contributed by atoms with Crippen molar-refractivity contribution in [3.8, 4) is 0 Å². The second-order valence-electron chi connectivity index (χ2n) is 5.62. The predicted molar refractivity (Wildman–Crippen MR) is 85.4 cm³/mol. The molecule has 19 heavy (non-hydrogen) atoms. The van der Waals surface area contributed by atoms with E-state index in [-0.39, 0.29) is 5.91 Å². The first-order chi connectivity index (χ1) is 9.25. The molecule has 0 N–H and O–H groups in total. The SMILES string of the molecule is CCCCCCCCCCCCN1C(=O)CCC1=S. The van der Waals surface area contributed by atoms with Crippen LogP contribution in [0.25, 0.3) is 0 Å². The molecule has 0 aromatic rings. The minimum atomic E-state index is 0.237. The minimum Gasteiger partial charge on any atom is -0.307 e. The largest absolute Gasteiger partial charge is 0.307 e. The van der Waals surface area contributed by atoms with Crippen molar-refractivity contribution in [2.45, 2.75) is 84.0 Å². The first-order valence-corrected chi connectivity index (χ1v) is 8.49. The van der Waals surface area contributed by atoms with Gasteiger partial charge in [0.25, 0.3) is 0 Å². The van der Waals surface area contributed by atoms with Gasteiger partial charge in [-0.2, -0.15) is 0 Å². The summed E-state index contributed by atoms with van der Waals surface area (Å²) in [6.45, 7) is 3.12. The Bertz CT molecular complexity index is 262. The lowest BCUT2D eigenvalue weighted by atomic mass is 10.1. The van der Waals surface area contributed by atoms with Crippen LogP contribution in [-0.4, -0.2) is 22.3 Å². The Morgan fingerprint density at radius 2 is 1.42 bits per heavy atom. The van der Waals surface area contributed by atoms with Crippen LogP contribution in [0.3, 0.4) is 0 Å². The molecular weight excluding hydrogens is 254 g/mol.